The summed E-state index contributed by atoms with van der Waals surface area (Å²) in [5, 5.41) is 6.20. The van der Waals surface area contributed by atoms with E-state index >= 15 is 0 Å². The Hall–Kier alpha value is -2.18. The lowest BCUT2D eigenvalue weighted by Crippen LogP contribution is -2.42. The molecule has 5 nitrogen and oxygen atoms in total. The van der Waals surface area contributed by atoms with E-state index in [9.17, 15) is 9.59 Å². The second-order valence-electron chi connectivity index (χ2n) is 6.04. The number of ether oxygens (including phenoxy) is 1. The number of carbonyl (C=O) groups excluding carboxylic acids is 2. The molecule has 2 aromatic carbocycles. The highest BCUT2D eigenvalue weighted by molar-refractivity contribution is 9.10. The minimum absolute atomic E-state index is 0.0330. The Morgan fingerprint density at radius 1 is 1.08 bits per heavy atom. The summed E-state index contributed by atoms with van der Waals surface area (Å²) in [6, 6.07) is 14.6. The summed E-state index contributed by atoms with van der Waals surface area (Å²) in [4.78, 5) is 23.8. The van der Waals surface area contributed by atoms with Crippen molar-refractivity contribution in [1.82, 2.24) is 10.6 Å². The van der Waals surface area contributed by atoms with Gasteiger partial charge in [-0.2, -0.15) is 0 Å². The van der Waals surface area contributed by atoms with Crippen LogP contribution in [0.15, 0.2) is 53.0 Å². The smallest absolute Gasteiger partial charge is 0.337 e. The number of hydrogen-bond donors (Lipinski definition) is 2. The second kappa shape index (κ2) is 9.50. The first-order valence-electron chi connectivity index (χ1n) is 8.37. The summed E-state index contributed by atoms with van der Waals surface area (Å²) in [7, 11) is 1.35. The van der Waals surface area contributed by atoms with Gasteiger partial charge in [0.05, 0.1) is 18.7 Å². The molecule has 138 valence electrons. The van der Waals surface area contributed by atoms with Crippen LogP contribution in [0, 0.1) is 0 Å². The lowest BCUT2D eigenvalue weighted by molar-refractivity contribution is -0.123. The number of nitrogens with one attached hydrogen (secondary N) is 2. The summed E-state index contributed by atoms with van der Waals surface area (Å²) in [5.74, 6) is -0.458. The third-order valence-electron chi connectivity index (χ3n) is 4.11. The minimum Gasteiger partial charge on any atom is -0.465 e. The zero-order chi connectivity index (χ0) is 19.1. The van der Waals surface area contributed by atoms with Crippen LogP contribution < -0.4 is 10.6 Å². The van der Waals surface area contributed by atoms with Gasteiger partial charge in [0.1, 0.15) is 0 Å². The predicted molar refractivity (Wildman–Crippen MR) is 105 cm³/mol. The molecule has 0 bridgehead atoms. The van der Waals surface area contributed by atoms with Crippen molar-refractivity contribution in [2.75, 3.05) is 7.11 Å². The molecule has 2 unspecified atom stereocenters. The van der Waals surface area contributed by atoms with Crippen LogP contribution >= 0.6 is 15.9 Å². The monoisotopic (exact) mass is 418 g/mol. The molecule has 6 heteroatoms. The summed E-state index contributed by atoms with van der Waals surface area (Å²) in [6.45, 7) is 4.26. The maximum absolute atomic E-state index is 12.3. The fourth-order valence-corrected chi connectivity index (χ4v) is 3.21. The fourth-order valence-electron chi connectivity index (χ4n) is 2.59. The number of esters is 1. The molecule has 2 rings (SSSR count). The molecule has 0 heterocycles. The molecule has 0 fully saturated rings. The lowest BCUT2D eigenvalue weighted by atomic mass is 10.1. The fraction of sp³-hybridized carbons (Fsp3) is 0.300. The Morgan fingerprint density at radius 3 is 2.35 bits per heavy atom. The van der Waals surface area contributed by atoms with Gasteiger partial charge in [-0.05, 0) is 43.2 Å². The summed E-state index contributed by atoms with van der Waals surface area (Å²) in [5.41, 5.74) is 2.50. The molecule has 2 N–H and O–H groups in total. The van der Waals surface area contributed by atoms with Crippen LogP contribution in [0.4, 0.5) is 0 Å². The summed E-state index contributed by atoms with van der Waals surface area (Å²) >= 11 is 3.53. The highest BCUT2D eigenvalue weighted by Gasteiger charge is 2.17. The van der Waals surface area contributed by atoms with E-state index in [2.05, 4.69) is 31.3 Å². The maximum Gasteiger partial charge on any atom is 0.337 e. The number of carbonyl (C=O) groups is 2. The van der Waals surface area contributed by atoms with Gasteiger partial charge < -0.3 is 10.1 Å². The molecular weight excluding hydrogens is 396 g/mol. The molecule has 2 atom stereocenters. The van der Waals surface area contributed by atoms with E-state index in [1.54, 1.807) is 24.3 Å². The molecule has 26 heavy (non-hydrogen) atoms. The Labute approximate surface area is 162 Å². The van der Waals surface area contributed by atoms with Gasteiger partial charge in [-0.1, -0.05) is 46.3 Å². The van der Waals surface area contributed by atoms with E-state index in [0.717, 1.165) is 15.6 Å². The van der Waals surface area contributed by atoms with Crippen molar-refractivity contribution in [2.24, 2.45) is 0 Å². The molecule has 0 aliphatic carbocycles. The maximum atomic E-state index is 12.3. The van der Waals surface area contributed by atoms with E-state index in [-0.39, 0.29) is 24.0 Å². The highest BCUT2D eigenvalue weighted by atomic mass is 79.9. The first-order chi connectivity index (χ1) is 12.4. The van der Waals surface area contributed by atoms with Crippen LogP contribution in [0.2, 0.25) is 0 Å². The SMILES string of the molecule is COC(=O)c1ccc(CNC(=O)C(C)NC(C)c2ccccc2Br)cc1. The van der Waals surface area contributed by atoms with E-state index in [1.165, 1.54) is 7.11 Å². The van der Waals surface area contributed by atoms with E-state index in [0.29, 0.717) is 12.1 Å². The molecule has 0 spiro atoms. The van der Waals surface area contributed by atoms with Crippen molar-refractivity contribution < 1.29 is 14.3 Å². The van der Waals surface area contributed by atoms with Crippen molar-refractivity contribution in [3.63, 3.8) is 0 Å². The molecule has 2 aromatic rings. The standard InChI is InChI=1S/C20H23BrN2O3/c1-13(17-6-4-5-7-18(17)21)23-14(2)19(24)22-12-15-8-10-16(11-9-15)20(25)26-3/h4-11,13-14,23H,12H2,1-3H3,(H,22,24). The van der Waals surface area contributed by atoms with Gasteiger partial charge in [-0.25, -0.2) is 4.79 Å². The van der Waals surface area contributed by atoms with Crippen molar-refractivity contribution in [3.05, 3.63) is 69.7 Å². The van der Waals surface area contributed by atoms with Crippen molar-refractivity contribution in [3.8, 4) is 0 Å². The summed E-state index contributed by atoms with van der Waals surface area (Å²) < 4.78 is 5.68. The van der Waals surface area contributed by atoms with Gasteiger partial charge in [-0.15, -0.1) is 0 Å². The summed E-state index contributed by atoms with van der Waals surface area (Å²) in [6.07, 6.45) is 0. The van der Waals surface area contributed by atoms with Crippen molar-refractivity contribution >= 4 is 27.8 Å². The van der Waals surface area contributed by atoms with E-state index in [1.807, 2.05) is 38.1 Å². The van der Waals surface area contributed by atoms with Crippen LogP contribution in [0.3, 0.4) is 0 Å². The van der Waals surface area contributed by atoms with Gasteiger partial charge in [-0.3, -0.25) is 10.1 Å². The van der Waals surface area contributed by atoms with E-state index in [4.69, 9.17) is 0 Å². The first kappa shape index (κ1) is 20.1. The molecular formula is C20H23BrN2O3. The Morgan fingerprint density at radius 2 is 1.73 bits per heavy atom. The number of benzene rings is 2. The van der Waals surface area contributed by atoms with Gasteiger partial charge >= 0.3 is 5.97 Å². The van der Waals surface area contributed by atoms with Crippen molar-refractivity contribution in [2.45, 2.75) is 32.5 Å². The average Bonchev–Trinajstić information content (AvgIpc) is 2.66. The first-order valence-corrected chi connectivity index (χ1v) is 9.17. The third-order valence-corrected chi connectivity index (χ3v) is 4.83. The van der Waals surface area contributed by atoms with Crippen LogP contribution in [0.25, 0.3) is 0 Å². The van der Waals surface area contributed by atoms with Crippen LogP contribution in [-0.2, 0) is 16.1 Å². The third kappa shape index (κ3) is 5.41. The number of methoxy groups -OCH3 is 1. The number of halogens is 1. The Kier molecular flexibility index (Phi) is 7.36. The minimum atomic E-state index is -0.375. The van der Waals surface area contributed by atoms with Gasteiger partial charge in [0.2, 0.25) is 5.91 Å². The van der Waals surface area contributed by atoms with Crippen LogP contribution in [0.1, 0.15) is 41.4 Å². The molecule has 1 amide bonds. The van der Waals surface area contributed by atoms with Crippen molar-refractivity contribution in [1.29, 1.82) is 0 Å². The second-order valence-corrected chi connectivity index (χ2v) is 6.89. The molecule has 0 aromatic heterocycles. The number of rotatable bonds is 7. The zero-order valence-electron chi connectivity index (χ0n) is 15.1. The molecule has 0 saturated carbocycles. The number of hydrogen-bond acceptors (Lipinski definition) is 4. The zero-order valence-corrected chi connectivity index (χ0v) is 16.7. The highest BCUT2D eigenvalue weighted by Crippen LogP contribution is 2.23. The molecule has 0 saturated heterocycles. The largest absolute Gasteiger partial charge is 0.465 e. The van der Waals surface area contributed by atoms with E-state index < -0.39 is 0 Å². The average molecular weight is 419 g/mol. The van der Waals surface area contributed by atoms with Gasteiger partial charge in [0.15, 0.2) is 0 Å². The normalized spacial score (nSPS) is 12.9. The Bertz CT molecular complexity index is 762. The van der Waals surface area contributed by atoms with Crippen LogP contribution in [-0.4, -0.2) is 25.0 Å². The topological polar surface area (TPSA) is 67.4 Å². The predicted octanol–water partition coefficient (Wildman–Crippen LogP) is 3.59. The molecule has 0 aliphatic rings. The van der Waals surface area contributed by atoms with Gasteiger partial charge in [0, 0.05) is 17.1 Å². The van der Waals surface area contributed by atoms with Gasteiger partial charge in [0.25, 0.3) is 0 Å². The number of amides is 1. The quantitative estimate of drug-likeness (QED) is 0.674. The molecule has 0 radical (unpaired) electrons. The lowest BCUT2D eigenvalue weighted by Gasteiger charge is -2.21. The molecule has 0 aliphatic heterocycles. The Balaban J connectivity index is 1.87. The van der Waals surface area contributed by atoms with Crippen LogP contribution in [0.5, 0.6) is 0 Å².